The molecule has 3 heteroatoms. The minimum absolute atomic E-state index is 0.395. The van der Waals surface area contributed by atoms with Crippen molar-refractivity contribution in [2.75, 3.05) is 26.7 Å². The molecular weight excluding hydrogens is 188 g/mol. The molecular formula is C12H26N2O. The normalized spacial score (nSPS) is 32.6. The molecule has 4 unspecified atom stereocenters. The first kappa shape index (κ1) is 12.9. The van der Waals surface area contributed by atoms with Gasteiger partial charge in [-0.1, -0.05) is 13.8 Å². The van der Waals surface area contributed by atoms with E-state index >= 15 is 0 Å². The van der Waals surface area contributed by atoms with Crippen molar-refractivity contribution in [2.24, 2.45) is 17.6 Å². The van der Waals surface area contributed by atoms with Crippen molar-refractivity contribution in [1.29, 1.82) is 0 Å². The summed E-state index contributed by atoms with van der Waals surface area (Å²) in [4.78, 5) is 2.52. The molecule has 0 radical (unpaired) electrons. The van der Waals surface area contributed by atoms with E-state index in [4.69, 9.17) is 10.5 Å². The summed E-state index contributed by atoms with van der Waals surface area (Å²) >= 11 is 0. The van der Waals surface area contributed by atoms with Gasteiger partial charge in [0.15, 0.2) is 0 Å². The van der Waals surface area contributed by atoms with Crippen molar-refractivity contribution < 1.29 is 4.74 Å². The Morgan fingerprint density at radius 2 is 2.13 bits per heavy atom. The quantitative estimate of drug-likeness (QED) is 0.767. The number of piperidine rings is 1. The lowest BCUT2D eigenvalue weighted by molar-refractivity contribution is -0.0232. The number of hydrogen-bond donors (Lipinski definition) is 1. The highest BCUT2D eigenvalue weighted by Gasteiger charge is 2.29. The molecule has 0 saturated carbocycles. The second-order valence-corrected chi connectivity index (χ2v) is 4.99. The van der Waals surface area contributed by atoms with Gasteiger partial charge in [0, 0.05) is 19.7 Å². The van der Waals surface area contributed by atoms with Gasteiger partial charge in [-0.15, -0.1) is 0 Å². The number of nitrogens with zero attached hydrogens (tertiary/aromatic N) is 1. The zero-order chi connectivity index (χ0) is 11.4. The zero-order valence-electron chi connectivity index (χ0n) is 10.6. The molecule has 1 aliphatic rings. The molecule has 1 fully saturated rings. The standard InChI is InChI=1S/C12H26N2O/c1-9-5-6-14(8-12(9)15-4)11(3)10(2)7-13/h9-12H,5-8,13H2,1-4H3. The van der Waals surface area contributed by atoms with Crippen LogP contribution in [0.4, 0.5) is 0 Å². The molecule has 0 aliphatic carbocycles. The van der Waals surface area contributed by atoms with E-state index < -0.39 is 0 Å². The van der Waals surface area contributed by atoms with Gasteiger partial charge in [-0.2, -0.15) is 0 Å². The van der Waals surface area contributed by atoms with Crippen molar-refractivity contribution >= 4 is 0 Å². The summed E-state index contributed by atoms with van der Waals surface area (Å²) in [5.74, 6) is 1.25. The smallest absolute Gasteiger partial charge is 0.0724 e. The first-order valence-electron chi connectivity index (χ1n) is 6.07. The van der Waals surface area contributed by atoms with E-state index in [0.717, 1.165) is 13.1 Å². The van der Waals surface area contributed by atoms with Crippen LogP contribution in [0.5, 0.6) is 0 Å². The van der Waals surface area contributed by atoms with Gasteiger partial charge in [0.2, 0.25) is 0 Å². The van der Waals surface area contributed by atoms with Crippen LogP contribution in [0.3, 0.4) is 0 Å². The molecule has 15 heavy (non-hydrogen) atoms. The van der Waals surface area contributed by atoms with Crippen LogP contribution in [0.15, 0.2) is 0 Å². The molecule has 1 rings (SSSR count). The van der Waals surface area contributed by atoms with Crippen molar-refractivity contribution in [3.8, 4) is 0 Å². The summed E-state index contributed by atoms with van der Waals surface area (Å²) in [7, 11) is 1.82. The Morgan fingerprint density at radius 3 is 2.67 bits per heavy atom. The van der Waals surface area contributed by atoms with E-state index in [1.165, 1.54) is 13.0 Å². The summed E-state index contributed by atoms with van der Waals surface area (Å²) in [6.45, 7) is 9.80. The predicted octanol–water partition coefficient (Wildman–Crippen LogP) is 1.33. The van der Waals surface area contributed by atoms with Crippen LogP contribution in [0.2, 0.25) is 0 Å². The average molecular weight is 214 g/mol. The van der Waals surface area contributed by atoms with Crippen LogP contribution in [0.25, 0.3) is 0 Å². The number of methoxy groups -OCH3 is 1. The van der Waals surface area contributed by atoms with Crippen molar-refractivity contribution in [2.45, 2.75) is 39.3 Å². The average Bonchev–Trinajstić information content (AvgIpc) is 2.27. The molecule has 3 nitrogen and oxygen atoms in total. The van der Waals surface area contributed by atoms with Crippen LogP contribution in [-0.4, -0.2) is 43.8 Å². The molecule has 1 aliphatic heterocycles. The molecule has 1 saturated heterocycles. The van der Waals surface area contributed by atoms with Crippen LogP contribution >= 0.6 is 0 Å². The van der Waals surface area contributed by atoms with Gasteiger partial charge in [0.25, 0.3) is 0 Å². The third kappa shape index (κ3) is 3.16. The summed E-state index contributed by atoms with van der Waals surface area (Å²) in [5.41, 5.74) is 5.72. The van der Waals surface area contributed by atoms with Crippen molar-refractivity contribution in [1.82, 2.24) is 4.90 Å². The van der Waals surface area contributed by atoms with Gasteiger partial charge in [0.1, 0.15) is 0 Å². The number of nitrogens with two attached hydrogens (primary N) is 1. The zero-order valence-corrected chi connectivity index (χ0v) is 10.6. The maximum absolute atomic E-state index is 5.72. The minimum Gasteiger partial charge on any atom is -0.380 e. The maximum atomic E-state index is 5.72. The highest BCUT2D eigenvalue weighted by Crippen LogP contribution is 2.23. The fourth-order valence-electron chi connectivity index (χ4n) is 2.29. The number of hydrogen-bond acceptors (Lipinski definition) is 3. The molecule has 2 N–H and O–H groups in total. The molecule has 4 atom stereocenters. The molecule has 1 heterocycles. The SMILES string of the molecule is COC1CN(C(C)C(C)CN)CCC1C. The summed E-state index contributed by atoms with van der Waals surface area (Å²) in [5, 5.41) is 0. The minimum atomic E-state index is 0.395. The summed E-state index contributed by atoms with van der Waals surface area (Å²) < 4.78 is 5.52. The van der Waals surface area contributed by atoms with Crippen LogP contribution in [0.1, 0.15) is 27.2 Å². The van der Waals surface area contributed by atoms with Crippen LogP contribution in [0, 0.1) is 11.8 Å². The van der Waals surface area contributed by atoms with E-state index in [-0.39, 0.29) is 0 Å². The lowest BCUT2D eigenvalue weighted by Crippen LogP contribution is -2.50. The monoisotopic (exact) mass is 214 g/mol. The maximum Gasteiger partial charge on any atom is 0.0724 e. The van der Waals surface area contributed by atoms with Gasteiger partial charge >= 0.3 is 0 Å². The Morgan fingerprint density at radius 1 is 1.47 bits per heavy atom. The number of ether oxygens (including phenoxy) is 1. The molecule has 90 valence electrons. The van der Waals surface area contributed by atoms with Gasteiger partial charge in [-0.3, -0.25) is 4.90 Å². The summed E-state index contributed by atoms with van der Waals surface area (Å²) in [6, 6.07) is 0.570. The molecule has 0 amide bonds. The first-order chi connectivity index (χ1) is 7.10. The Balaban J connectivity index is 2.50. The van der Waals surface area contributed by atoms with Crippen molar-refractivity contribution in [3.05, 3.63) is 0 Å². The van der Waals surface area contributed by atoms with E-state index in [9.17, 15) is 0 Å². The molecule has 0 aromatic heterocycles. The largest absolute Gasteiger partial charge is 0.380 e. The second-order valence-electron chi connectivity index (χ2n) is 4.99. The summed E-state index contributed by atoms with van der Waals surface area (Å²) in [6.07, 6.45) is 1.63. The Labute approximate surface area is 94.0 Å². The Bertz CT molecular complexity index is 186. The van der Waals surface area contributed by atoms with Gasteiger partial charge in [-0.25, -0.2) is 0 Å². The lowest BCUT2D eigenvalue weighted by Gasteiger charge is -2.41. The highest BCUT2D eigenvalue weighted by atomic mass is 16.5. The van der Waals surface area contributed by atoms with Crippen molar-refractivity contribution in [3.63, 3.8) is 0 Å². The van der Waals surface area contributed by atoms with Crippen LogP contribution in [-0.2, 0) is 4.74 Å². The predicted molar refractivity (Wildman–Crippen MR) is 63.8 cm³/mol. The van der Waals surface area contributed by atoms with E-state index in [0.29, 0.717) is 24.0 Å². The Kier molecular flexibility index (Phi) is 5.03. The fourth-order valence-corrected chi connectivity index (χ4v) is 2.29. The second kappa shape index (κ2) is 5.83. The van der Waals surface area contributed by atoms with E-state index in [1.807, 2.05) is 7.11 Å². The van der Waals surface area contributed by atoms with E-state index in [1.54, 1.807) is 0 Å². The van der Waals surface area contributed by atoms with E-state index in [2.05, 4.69) is 25.7 Å². The molecule has 0 aromatic carbocycles. The fraction of sp³-hybridized carbons (Fsp3) is 1.00. The number of rotatable bonds is 4. The molecule has 0 aromatic rings. The lowest BCUT2D eigenvalue weighted by atomic mass is 9.92. The first-order valence-corrected chi connectivity index (χ1v) is 6.07. The topological polar surface area (TPSA) is 38.5 Å². The molecule has 0 bridgehead atoms. The number of likely N-dealkylation sites (tertiary alicyclic amines) is 1. The highest BCUT2D eigenvalue weighted by molar-refractivity contribution is 4.83. The molecule has 0 spiro atoms. The van der Waals surface area contributed by atoms with Gasteiger partial charge in [-0.05, 0) is 38.3 Å². The third-order valence-electron chi connectivity index (χ3n) is 3.99. The Hall–Kier alpha value is -0.120. The van der Waals surface area contributed by atoms with Crippen LogP contribution < -0.4 is 5.73 Å². The van der Waals surface area contributed by atoms with Gasteiger partial charge in [0.05, 0.1) is 6.10 Å². The third-order valence-corrected chi connectivity index (χ3v) is 3.99. The van der Waals surface area contributed by atoms with Gasteiger partial charge < -0.3 is 10.5 Å².